The maximum absolute atomic E-state index is 2.64. The van der Waals surface area contributed by atoms with Crippen LogP contribution in [-0.4, -0.2) is 24.5 Å². The molecule has 76 valence electrons. The zero-order chi connectivity index (χ0) is 9.69. The topological polar surface area (TPSA) is 3.24 Å². The average molecular weight is 181 g/mol. The molecule has 0 unspecified atom stereocenters. The Labute approximate surface area is 82.5 Å². The molecule has 0 radical (unpaired) electrons. The lowest BCUT2D eigenvalue weighted by Gasteiger charge is -2.55. The summed E-state index contributed by atoms with van der Waals surface area (Å²) in [6, 6.07) is 0. The van der Waals surface area contributed by atoms with Crippen molar-refractivity contribution in [1.29, 1.82) is 0 Å². The minimum atomic E-state index is 0.479. The molecule has 0 aromatic heterocycles. The predicted molar refractivity (Wildman–Crippen MR) is 56.7 cm³/mol. The molecule has 1 saturated heterocycles. The van der Waals surface area contributed by atoms with Gasteiger partial charge in [-0.1, -0.05) is 27.7 Å². The SMILES string of the molecule is CC(C)(C)C1(C)CN(CC2CC2)C1. The highest BCUT2D eigenvalue weighted by Gasteiger charge is 2.47. The van der Waals surface area contributed by atoms with Crippen LogP contribution in [-0.2, 0) is 0 Å². The zero-order valence-corrected chi connectivity index (χ0v) is 9.56. The van der Waals surface area contributed by atoms with Gasteiger partial charge in [-0.25, -0.2) is 0 Å². The summed E-state index contributed by atoms with van der Waals surface area (Å²) in [5, 5.41) is 0. The molecule has 0 N–H and O–H groups in total. The largest absolute Gasteiger partial charge is 0.302 e. The standard InChI is InChI=1S/C12H23N/c1-11(2,3)12(4)8-13(9-12)7-10-5-6-10/h10H,5-9H2,1-4H3. The molecule has 1 heteroatoms. The third kappa shape index (κ3) is 1.76. The molecule has 0 atom stereocenters. The molecule has 1 aliphatic heterocycles. The highest BCUT2D eigenvalue weighted by atomic mass is 15.2. The van der Waals surface area contributed by atoms with E-state index < -0.39 is 0 Å². The van der Waals surface area contributed by atoms with Crippen molar-refractivity contribution < 1.29 is 0 Å². The summed E-state index contributed by atoms with van der Waals surface area (Å²) in [6.45, 7) is 13.6. The summed E-state index contributed by atoms with van der Waals surface area (Å²) < 4.78 is 0. The Hall–Kier alpha value is -0.0400. The molecule has 0 amide bonds. The average Bonchev–Trinajstić information content (AvgIpc) is 2.65. The van der Waals surface area contributed by atoms with Crippen LogP contribution >= 0.6 is 0 Å². The Bertz CT molecular complexity index is 192. The van der Waals surface area contributed by atoms with Crippen molar-refractivity contribution in [2.75, 3.05) is 19.6 Å². The van der Waals surface area contributed by atoms with Crippen molar-refractivity contribution in [3.8, 4) is 0 Å². The first kappa shape index (κ1) is 9.51. The Balaban J connectivity index is 1.81. The Morgan fingerprint density at radius 1 is 1.23 bits per heavy atom. The van der Waals surface area contributed by atoms with Crippen LogP contribution in [0.15, 0.2) is 0 Å². The number of hydrogen-bond donors (Lipinski definition) is 0. The highest BCUT2D eigenvalue weighted by Crippen LogP contribution is 2.46. The van der Waals surface area contributed by atoms with Crippen LogP contribution in [0.4, 0.5) is 0 Å². The number of nitrogens with zero attached hydrogens (tertiary/aromatic N) is 1. The summed E-state index contributed by atoms with van der Waals surface area (Å²) in [7, 11) is 0. The molecule has 0 aromatic carbocycles. The van der Waals surface area contributed by atoms with Crippen molar-refractivity contribution in [2.45, 2.75) is 40.5 Å². The van der Waals surface area contributed by atoms with Crippen LogP contribution in [0.5, 0.6) is 0 Å². The zero-order valence-electron chi connectivity index (χ0n) is 9.56. The third-order valence-electron chi connectivity index (χ3n) is 4.17. The van der Waals surface area contributed by atoms with Gasteiger partial charge in [-0.05, 0) is 29.6 Å². The van der Waals surface area contributed by atoms with E-state index in [9.17, 15) is 0 Å². The monoisotopic (exact) mass is 181 g/mol. The Morgan fingerprint density at radius 2 is 1.77 bits per heavy atom. The van der Waals surface area contributed by atoms with E-state index in [0.29, 0.717) is 10.8 Å². The normalized spacial score (nSPS) is 28.6. The van der Waals surface area contributed by atoms with Gasteiger partial charge in [-0.3, -0.25) is 0 Å². The predicted octanol–water partition coefficient (Wildman–Crippen LogP) is 2.76. The molecule has 2 fully saturated rings. The molecular weight excluding hydrogens is 158 g/mol. The van der Waals surface area contributed by atoms with E-state index in [2.05, 4.69) is 32.6 Å². The molecule has 1 saturated carbocycles. The Morgan fingerprint density at radius 3 is 2.15 bits per heavy atom. The van der Waals surface area contributed by atoms with E-state index in [-0.39, 0.29) is 0 Å². The van der Waals surface area contributed by atoms with Crippen molar-refractivity contribution in [3.05, 3.63) is 0 Å². The number of rotatable bonds is 2. The molecule has 1 nitrogen and oxygen atoms in total. The van der Waals surface area contributed by atoms with Gasteiger partial charge < -0.3 is 4.90 Å². The fraction of sp³-hybridized carbons (Fsp3) is 1.00. The first-order valence-electron chi connectivity index (χ1n) is 5.63. The first-order valence-corrected chi connectivity index (χ1v) is 5.63. The van der Waals surface area contributed by atoms with Gasteiger partial charge in [0.15, 0.2) is 0 Å². The second-order valence-corrected chi connectivity index (χ2v) is 6.42. The van der Waals surface area contributed by atoms with Gasteiger partial charge in [-0.2, -0.15) is 0 Å². The summed E-state index contributed by atoms with van der Waals surface area (Å²) >= 11 is 0. The lowest BCUT2D eigenvalue weighted by molar-refractivity contribution is -0.0676. The van der Waals surface area contributed by atoms with Crippen LogP contribution in [0.3, 0.4) is 0 Å². The lowest BCUT2D eigenvalue weighted by atomic mass is 9.63. The minimum Gasteiger partial charge on any atom is -0.302 e. The van der Waals surface area contributed by atoms with Gasteiger partial charge >= 0.3 is 0 Å². The molecule has 0 aromatic rings. The Kier molecular flexibility index (Phi) is 1.99. The second-order valence-electron chi connectivity index (χ2n) is 6.42. The van der Waals surface area contributed by atoms with E-state index in [1.165, 1.54) is 32.5 Å². The summed E-state index contributed by atoms with van der Waals surface area (Å²) in [4.78, 5) is 2.64. The van der Waals surface area contributed by atoms with Crippen LogP contribution in [0.25, 0.3) is 0 Å². The molecular formula is C12H23N. The quantitative estimate of drug-likeness (QED) is 0.633. The van der Waals surface area contributed by atoms with Crippen LogP contribution in [0.2, 0.25) is 0 Å². The molecule has 2 aliphatic rings. The molecule has 1 heterocycles. The number of hydrogen-bond acceptors (Lipinski definition) is 1. The first-order chi connectivity index (χ1) is 5.91. The molecule has 1 aliphatic carbocycles. The molecule has 13 heavy (non-hydrogen) atoms. The van der Waals surface area contributed by atoms with Gasteiger partial charge in [0.2, 0.25) is 0 Å². The van der Waals surface area contributed by atoms with E-state index in [1.807, 2.05) is 0 Å². The minimum absolute atomic E-state index is 0.479. The fourth-order valence-corrected chi connectivity index (χ4v) is 2.21. The number of likely N-dealkylation sites (tertiary alicyclic amines) is 1. The summed E-state index contributed by atoms with van der Waals surface area (Å²) in [5.41, 5.74) is 1.05. The summed E-state index contributed by atoms with van der Waals surface area (Å²) in [5.74, 6) is 1.06. The van der Waals surface area contributed by atoms with Gasteiger partial charge in [0.05, 0.1) is 0 Å². The third-order valence-corrected chi connectivity index (χ3v) is 4.17. The summed E-state index contributed by atoms with van der Waals surface area (Å²) in [6.07, 6.45) is 2.98. The smallest absolute Gasteiger partial charge is 0.00530 e. The van der Waals surface area contributed by atoms with E-state index in [0.717, 1.165) is 5.92 Å². The van der Waals surface area contributed by atoms with Crippen molar-refractivity contribution in [2.24, 2.45) is 16.7 Å². The van der Waals surface area contributed by atoms with Crippen LogP contribution in [0.1, 0.15) is 40.5 Å². The van der Waals surface area contributed by atoms with Gasteiger partial charge in [-0.15, -0.1) is 0 Å². The highest BCUT2D eigenvalue weighted by molar-refractivity contribution is 5.00. The van der Waals surface area contributed by atoms with Crippen molar-refractivity contribution in [1.82, 2.24) is 4.90 Å². The fourth-order valence-electron chi connectivity index (χ4n) is 2.21. The molecule has 0 spiro atoms. The maximum atomic E-state index is 2.64. The van der Waals surface area contributed by atoms with Crippen molar-refractivity contribution >= 4 is 0 Å². The van der Waals surface area contributed by atoms with Gasteiger partial charge in [0.25, 0.3) is 0 Å². The van der Waals surface area contributed by atoms with Gasteiger partial charge in [0, 0.05) is 19.6 Å². The van der Waals surface area contributed by atoms with Gasteiger partial charge in [0.1, 0.15) is 0 Å². The van der Waals surface area contributed by atoms with Crippen LogP contribution in [0, 0.1) is 16.7 Å². The molecule has 2 rings (SSSR count). The van der Waals surface area contributed by atoms with Crippen molar-refractivity contribution in [3.63, 3.8) is 0 Å². The maximum Gasteiger partial charge on any atom is 0.00530 e. The van der Waals surface area contributed by atoms with E-state index in [4.69, 9.17) is 0 Å². The van der Waals surface area contributed by atoms with E-state index in [1.54, 1.807) is 0 Å². The lowest BCUT2D eigenvalue weighted by Crippen LogP contribution is -2.60. The van der Waals surface area contributed by atoms with E-state index >= 15 is 0 Å². The second kappa shape index (κ2) is 2.73. The molecule has 0 bridgehead atoms. The van der Waals surface area contributed by atoms with Crippen LogP contribution < -0.4 is 0 Å².